The van der Waals surface area contributed by atoms with Crippen LogP contribution in [-0.4, -0.2) is 20.4 Å². The molecule has 0 saturated heterocycles. The maximum atomic E-state index is 4.23. The van der Waals surface area contributed by atoms with Crippen LogP contribution < -0.4 is 0 Å². The zero-order valence-corrected chi connectivity index (χ0v) is 9.44. The van der Waals surface area contributed by atoms with Crippen LogP contribution in [0.25, 0.3) is 22.4 Å². The Morgan fingerprint density at radius 3 is 2.35 bits per heavy atom. The number of hydrogen-bond donors (Lipinski definition) is 2. The number of rotatable bonds is 2. The smallest absolute Gasteiger partial charge is 0.0923 e. The number of nitrogens with zero attached hydrogens (tertiary/aromatic N) is 2. The molecule has 0 amide bonds. The normalized spacial score (nSPS) is 10.6. The highest BCUT2D eigenvalue weighted by Crippen LogP contribution is 2.23. The third-order valence-corrected chi connectivity index (χ3v) is 2.72. The van der Waals surface area contributed by atoms with Gasteiger partial charge in [-0.3, -0.25) is 10.2 Å². The fourth-order valence-electron chi connectivity index (χ4n) is 1.81. The van der Waals surface area contributed by atoms with Gasteiger partial charge in [0, 0.05) is 23.0 Å². The molecule has 3 rings (SSSR count). The molecule has 2 N–H and O–H groups in total. The number of hydrogen-bond acceptors (Lipinski definition) is 2. The van der Waals surface area contributed by atoms with E-state index >= 15 is 0 Å². The van der Waals surface area contributed by atoms with E-state index in [0.717, 1.165) is 28.1 Å². The van der Waals surface area contributed by atoms with Gasteiger partial charge in [0.2, 0.25) is 0 Å². The summed E-state index contributed by atoms with van der Waals surface area (Å²) in [6.07, 6.45) is 3.70. The molecule has 17 heavy (non-hydrogen) atoms. The van der Waals surface area contributed by atoms with E-state index in [1.165, 1.54) is 0 Å². The molecule has 84 valence electrons. The number of aromatic amines is 2. The molecule has 3 aromatic rings. The lowest BCUT2D eigenvalue weighted by Gasteiger charge is -1.99. The first kappa shape index (κ1) is 9.84. The summed E-state index contributed by atoms with van der Waals surface area (Å²) in [6.45, 7) is 2.00. The number of H-pyrrole nitrogens is 2. The predicted molar refractivity (Wildman–Crippen MR) is 66.3 cm³/mol. The van der Waals surface area contributed by atoms with Crippen molar-refractivity contribution in [1.29, 1.82) is 0 Å². The molecule has 0 radical (unpaired) electrons. The first-order valence-corrected chi connectivity index (χ1v) is 5.44. The van der Waals surface area contributed by atoms with Crippen LogP contribution in [0.5, 0.6) is 0 Å². The van der Waals surface area contributed by atoms with Gasteiger partial charge in [-0.25, -0.2) is 0 Å². The highest BCUT2D eigenvalue weighted by molar-refractivity contribution is 5.67. The average molecular weight is 224 g/mol. The van der Waals surface area contributed by atoms with Crippen molar-refractivity contribution in [1.82, 2.24) is 20.4 Å². The van der Waals surface area contributed by atoms with Crippen LogP contribution in [0.1, 0.15) is 5.69 Å². The van der Waals surface area contributed by atoms with Gasteiger partial charge in [-0.2, -0.15) is 10.2 Å². The lowest BCUT2D eigenvalue weighted by Crippen LogP contribution is -1.79. The van der Waals surface area contributed by atoms with E-state index < -0.39 is 0 Å². The Labute approximate surface area is 98.7 Å². The highest BCUT2D eigenvalue weighted by Gasteiger charge is 2.03. The van der Waals surface area contributed by atoms with E-state index in [1.54, 1.807) is 0 Å². The second-order valence-electron chi connectivity index (χ2n) is 4.00. The molecule has 2 aromatic heterocycles. The molecule has 2 heterocycles. The van der Waals surface area contributed by atoms with Crippen molar-refractivity contribution < 1.29 is 0 Å². The molecule has 0 spiro atoms. The van der Waals surface area contributed by atoms with Gasteiger partial charge in [0.15, 0.2) is 0 Å². The van der Waals surface area contributed by atoms with Gasteiger partial charge in [-0.05, 0) is 18.6 Å². The molecule has 0 aliphatic rings. The minimum Gasteiger partial charge on any atom is -0.285 e. The zero-order chi connectivity index (χ0) is 11.7. The minimum atomic E-state index is 0.973. The second-order valence-corrected chi connectivity index (χ2v) is 4.00. The van der Waals surface area contributed by atoms with Crippen molar-refractivity contribution in [3.63, 3.8) is 0 Å². The Kier molecular flexibility index (Phi) is 2.26. The standard InChI is InChI=1S/C13H12N4/c1-9-6-13(17-16-9)11-4-2-10(3-5-11)12-7-14-15-8-12/h2-8H,1H3,(H,14,15)(H,16,17). The van der Waals surface area contributed by atoms with Crippen molar-refractivity contribution in [2.24, 2.45) is 0 Å². The van der Waals surface area contributed by atoms with E-state index in [9.17, 15) is 0 Å². The van der Waals surface area contributed by atoms with E-state index in [1.807, 2.05) is 25.4 Å². The third-order valence-electron chi connectivity index (χ3n) is 2.72. The van der Waals surface area contributed by atoms with Gasteiger partial charge in [0.1, 0.15) is 0 Å². The molecule has 0 aliphatic carbocycles. The molecule has 1 aromatic carbocycles. The number of nitrogens with one attached hydrogen (secondary N) is 2. The molecule has 4 nitrogen and oxygen atoms in total. The summed E-state index contributed by atoms with van der Waals surface area (Å²) < 4.78 is 0. The van der Waals surface area contributed by atoms with E-state index in [4.69, 9.17) is 0 Å². The largest absolute Gasteiger partial charge is 0.285 e. The van der Waals surface area contributed by atoms with Crippen molar-refractivity contribution in [2.75, 3.05) is 0 Å². The Bertz CT molecular complexity index is 605. The monoisotopic (exact) mass is 224 g/mol. The molecular weight excluding hydrogens is 212 g/mol. The lowest BCUT2D eigenvalue weighted by molar-refractivity contribution is 1.05. The predicted octanol–water partition coefficient (Wildman–Crippen LogP) is 2.78. The van der Waals surface area contributed by atoms with Crippen molar-refractivity contribution in [3.8, 4) is 22.4 Å². The van der Waals surface area contributed by atoms with Crippen LogP contribution in [0, 0.1) is 6.92 Å². The SMILES string of the molecule is Cc1cc(-c2ccc(-c3cn[nH]c3)cc2)n[nH]1. The van der Waals surface area contributed by atoms with Gasteiger partial charge in [-0.15, -0.1) is 0 Å². The van der Waals surface area contributed by atoms with Gasteiger partial charge in [0.05, 0.1) is 11.9 Å². The van der Waals surface area contributed by atoms with Crippen molar-refractivity contribution in [2.45, 2.75) is 6.92 Å². The van der Waals surface area contributed by atoms with Crippen LogP contribution >= 0.6 is 0 Å². The molecule has 0 fully saturated rings. The third kappa shape index (κ3) is 1.85. The van der Waals surface area contributed by atoms with E-state index in [2.05, 4.69) is 44.7 Å². The summed E-state index contributed by atoms with van der Waals surface area (Å²) in [5.74, 6) is 0. The first-order valence-electron chi connectivity index (χ1n) is 5.44. The maximum absolute atomic E-state index is 4.23. The molecular formula is C13H12N4. The Balaban J connectivity index is 1.95. The number of aromatic nitrogens is 4. The molecule has 0 saturated carbocycles. The quantitative estimate of drug-likeness (QED) is 0.703. The van der Waals surface area contributed by atoms with Crippen LogP contribution in [-0.2, 0) is 0 Å². The van der Waals surface area contributed by atoms with Gasteiger partial charge >= 0.3 is 0 Å². The van der Waals surface area contributed by atoms with Gasteiger partial charge < -0.3 is 0 Å². The minimum absolute atomic E-state index is 0.973. The molecule has 0 aliphatic heterocycles. The topological polar surface area (TPSA) is 57.4 Å². The van der Waals surface area contributed by atoms with Crippen molar-refractivity contribution in [3.05, 3.63) is 48.4 Å². The summed E-state index contributed by atoms with van der Waals surface area (Å²) >= 11 is 0. The zero-order valence-electron chi connectivity index (χ0n) is 9.44. The molecule has 0 bridgehead atoms. The summed E-state index contributed by atoms with van der Waals surface area (Å²) in [5, 5.41) is 13.9. The Hall–Kier alpha value is -2.36. The Morgan fingerprint density at radius 1 is 1.00 bits per heavy atom. The summed E-state index contributed by atoms with van der Waals surface area (Å²) in [6, 6.07) is 10.3. The van der Waals surface area contributed by atoms with Crippen LogP contribution in [0.3, 0.4) is 0 Å². The van der Waals surface area contributed by atoms with Crippen LogP contribution in [0.2, 0.25) is 0 Å². The summed E-state index contributed by atoms with van der Waals surface area (Å²) in [4.78, 5) is 0. The Morgan fingerprint density at radius 2 is 1.76 bits per heavy atom. The maximum Gasteiger partial charge on any atom is 0.0923 e. The van der Waals surface area contributed by atoms with Gasteiger partial charge in [0.25, 0.3) is 0 Å². The fraction of sp³-hybridized carbons (Fsp3) is 0.0769. The lowest BCUT2D eigenvalue weighted by atomic mass is 10.1. The highest BCUT2D eigenvalue weighted by atomic mass is 15.1. The van der Waals surface area contributed by atoms with E-state index in [-0.39, 0.29) is 0 Å². The number of aryl methyl sites for hydroxylation is 1. The molecule has 4 heteroatoms. The van der Waals surface area contributed by atoms with Crippen LogP contribution in [0.15, 0.2) is 42.7 Å². The average Bonchev–Trinajstić information content (AvgIpc) is 3.00. The summed E-state index contributed by atoms with van der Waals surface area (Å²) in [7, 11) is 0. The van der Waals surface area contributed by atoms with Crippen LogP contribution in [0.4, 0.5) is 0 Å². The summed E-state index contributed by atoms with van der Waals surface area (Å²) in [5.41, 5.74) is 5.39. The van der Waals surface area contributed by atoms with Crippen molar-refractivity contribution >= 4 is 0 Å². The molecule has 0 atom stereocenters. The number of benzene rings is 1. The first-order chi connectivity index (χ1) is 8.33. The van der Waals surface area contributed by atoms with E-state index in [0.29, 0.717) is 0 Å². The molecule has 0 unspecified atom stereocenters. The fourth-order valence-corrected chi connectivity index (χ4v) is 1.81. The second kappa shape index (κ2) is 3.90. The van der Waals surface area contributed by atoms with Gasteiger partial charge in [-0.1, -0.05) is 24.3 Å².